The van der Waals surface area contributed by atoms with Crippen LogP contribution in [-0.2, 0) is 0 Å². The highest BCUT2D eigenvalue weighted by atomic mass is 32.1. The van der Waals surface area contributed by atoms with Crippen LogP contribution in [0, 0.1) is 0 Å². The SMILES string of the molecule is CC1=Nc2cc(NC(=O)c3cc4sc(N5CCN(C(=O)N(C)C)CC5)nc4s3)ccc2OCC1. The highest BCUT2D eigenvalue weighted by molar-refractivity contribution is 7.29. The summed E-state index contributed by atoms with van der Waals surface area (Å²) in [4.78, 5) is 41.5. The quantitative estimate of drug-likeness (QED) is 0.582. The fourth-order valence-electron chi connectivity index (χ4n) is 3.91. The van der Waals surface area contributed by atoms with Crippen LogP contribution in [0.2, 0.25) is 0 Å². The minimum Gasteiger partial charge on any atom is -0.491 e. The number of ether oxygens (including phenoxy) is 1. The highest BCUT2D eigenvalue weighted by Crippen LogP contribution is 2.36. The lowest BCUT2D eigenvalue weighted by Crippen LogP contribution is -2.51. The third-order valence-corrected chi connectivity index (χ3v) is 7.97. The number of carbonyl (C=O) groups excluding carboxylic acids is 2. The summed E-state index contributed by atoms with van der Waals surface area (Å²) in [6, 6.07) is 7.46. The van der Waals surface area contributed by atoms with E-state index in [1.165, 1.54) is 11.3 Å². The van der Waals surface area contributed by atoms with Crippen LogP contribution >= 0.6 is 22.7 Å². The molecule has 1 aromatic carbocycles. The van der Waals surface area contributed by atoms with Crippen LogP contribution in [-0.4, -0.2) is 79.3 Å². The Hall–Kier alpha value is -3.18. The largest absolute Gasteiger partial charge is 0.491 e. The molecule has 178 valence electrons. The molecule has 0 bridgehead atoms. The van der Waals surface area contributed by atoms with E-state index in [2.05, 4.69) is 15.2 Å². The molecule has 1 N–H and O–H groups in total. The summed E-state index contributed by atoms with van der Waals surface area (Å²) in [6.45, 7) is 5.43. The molecule has 0 unspecified atom stereocenters. The zero-order valence-electron chi connectivity index (χ0n) is 19.3. The van der Waals surface area contributed by atoms with Gasteiger partial charge in [0.25, 0.3) is 5.91 Å². The van der Waals surface area contributed by atoms with Gasteiger partial charge < -0.3 is 24.8 Å². The van der Waals surface area contributed by atoms with E-state index in [4.69, 9.17) is 9.72 Å². The minimum atomic E-state index is -0.164. The van der Waals surface area contributed by atoms with Crippen molar-refractivity contribution in [2.24, 2.45) is 4.99 Å². The molecule has 0 atom stereocenters. The van der Waals surface area contributed by atoms with E-state index in [1.54, 1.807) is 30.3 Å². The van der Waals surface area contributed by atoms with Crippen molar-refractivity contribution in [1.29, 1.82) is 0 Å². The Morgan fingerprint density at radius 3 is 2.65 bits per heavy atom. The van der Waals surface area contributed by atoms with E-state index in [0.29, 0.717) is 30.3 Å². The van der Waals surface area contributed by atoms with E-state index in [0.717, 1.165) is 51.3 Å². The first-order chi connectivity index (χ1) is 16.4. The summed E-state index contributed by atoms with van der Waals surface area (Å²) in [5.41, 5.74) is 2.42. The maximum atomic E-state index is 12.9. The highest BCUT2D eigenvalue weighted by Gasteiger charge is 2.25. The lowest BCUT2D eigenvalue weighted by Gasteiger charge is -2.35. The van der Waals surface area contributed by atoms with Gasteiger partial charge in [-0.15, -0.1) is 11.3 Å². The van der Waals surface area contributed by atoms with Gasteiger partial charge in [-0.2, -0.15) is 0 Å². The monoisotopic (exact) mass is 498 g/mol. The number of urea groups is 1. The Bertz CT molecular complexity index is 1240. The fourth-order valence-corrected chi connectivity index (χ4v) is 6.07. The number of carbonyl (C=O) groups is 2. The molecule has 1 fully saturated rings. The Kier molecular flexibility index (Phi) is 6.13. The number of piperazine rings is 1. The number of aliphatic imine (C=N–C) groups is 1. The first-order valence-electron chi connectivity index (χ1n) is 11.1. The van der Waals surface area contributed by atoms with Crippen LogP contribution in [0.1, 0.15) is 23.0 Å². The molecule has 0 saturated carbocycles. The van der Waals surface area contributed by atoms with Gasteiger partial charge in [-0.05, 0) is 31.2 Å². The van der Waals surface area contributed by atoms with Crippen molar-refractivity contribution in [2.75, 3.05) is 57.1 Å². The number of thiophene rings is 1. The van der Waals surface area contributed by atoms with E-state index >= 15 is 0 Å². The average molecular weight is 499 g/mol. The molecule has 34 heavy (non-hydrogen) atoms. The Labute approximate surface area is 205 Å². The number of hydrogen-bond donors (Lipinski definition) is 1. The number of aromatic nitrogens is 1. The third-order valence-electron chi connectivity index (χ3n) is 5.75. The zero-order valence-corrected chi connectivity index (χ0v) is 21.0. The van der Waals surface area contributed by atoms with Crippen molar-refractivity contribution < 1.29 is 14.3 Å². The Balaban J connectivity index is 1.25. The van der Waals surface area contributed by atoms with E-state index in [9.17, 15) is 9.59 Å². The first-order valence-corrected chi connectivity index (χ1v) is 12.7. The summed E-state index contributed by atoms with van der Waals surface area (Å²) < 4.78 is 6.72. The van der Waals surface area contributed by atoms with Crippen LogP contribution in [0.25, 0.3) is 9.53 Å². The number of thiazole rings is 1. The number of rotatable bonds is 3. The number of nitrogens with zero attached hydrogens (tertiary/aromatic N) is 5. The second-order valence-corrected chi connectivity index (χ2v) is 10.5. The van der Waals surface area contributed by atoms with Gasteiger partial charge >= 0.3 is 6.03 Å². The lowest BCUT2D eigenvalue weighted by molar-refractivity contribution is 0.103. The Morgan fingerprint density at radius 2 is 1.91 bits per heavy atom. The smallest absolute Gasteiger partial charge is 0.319 e. The maximum absolute atomic E-state index is 12.9. The van der Waals surface area contributed by atoms with E-state index in [1.807, 2.05) is 36.1 Å². The van der Waals surface area contributed by atoms with Gasteiger partial charge in [0.15, 0.2) is 5.13 Å². The number of amides is 3. The van der Waals surface area contributed by atoms with Gasteiger partial charge in [-0.1, -0.05) is 11.3 Å². The van der Waals surface area contributed by atoms with Gasteiger partial charge in [0.2, 0.25) is 0 Å². The second kappa shape index (κ2) is 9.22. The molecule has 3 amide bonds. The third kappa shape index (κ3) is 4.58. The van der Waals surface area contributed by atoms with Gasteiger partial charge in [0.1, 0.15) is 16.3 Å². The van der Waals surface area contributed by atoms with E-state index < -0.39 is 0 Å². The Morgan fingerprint density at radius 1 is 1.12 bits per heavy atom. The molecule has 0 aliphatic carbocycles. The molecule has 0 radical (unpaired) electrons. The number of nitrogens with one attached hydrogen (secondary N) is 1. The lowest BCUT2D eigenvalue weighted by atomic mass is 10.2. The maximum Gasteiger partial charge on any atom is 0.319 e. The topological polar surface area (TPSA) is 90.4 Å². The average Bonchev–Trinajstić information content (AvgIpc) is 3.34. The standard InChI is InChI=1S/C23H26N6O3S2/c1-14-6-11-32-17-5-4-15(12-16(17)24-14)25-20(30)18-13-19-21(33-18)26-22(34-19)28-7-9-29(10-8-28)23(31)27(2)3/h4-5,12-13H,6-11H2,1-3H3,(H,25,30). The van der Waals surface area contributed by atoms with Crippen LogP contribution in [0.4, 0.5) is 21.3 Å². The van der Waals surface area contributed by atoms with Gasteiger partial charge in [-0.25, -0.2) is 9.78 Å². The molecule has 5 rings (SSSR count). The molecule has 0 spiro atoms. The number of hydrogen-bond acceptors (Lipinski definition) is 8. The minimum absolute atomic E-state index is 0.0411. The van der Waals surface area contributed by atoms with Crippen LogP contribution < -0.4 is 15.0 Å². The molecule has 9 nitrogen and oxygen atoms in total. The molecule has 1 saturated heterocycles. The van der Waals surface area contributed by atoms with Crippen LogP contribution in [0.15, 0.2) is 29.3 Å². The van der Waals surface area contributed by atoms with Crippen molar-refractivity contribution in [2.45, 2.75) is 13.3 Å². The summed E-state index contributed by atoms with van der Waals surface area (Å²) in [6.07, 6.45) is 0.793. The first kappa shape index (κ1) is 22.6. The van der Waals surface area contributed by atoms with Crippen LogP contribution in [0.5, 0.6) is 5.75 Å². The summed E-state index contributed by atoms with van der Waals surface area (Å²) in [5.74, 6) is 0.567. The van der Waals surface area contributed by atoms with Crippen molar-refractivity contribution in [3.05, 3.63) is 29.1 Å². The molecule has 2 aliphatic heterocycles. The molecular formula is C23H26N6O3S2. The van der Waals surface area contributed by atoms with Crippen LogP contribution in [0.3, 0.4) is 0 Å². The number of anilines is 2. The molecule has 11 heteroatoms. The summed E-state index contributed by atoms with van der Waals surface area (Å²) in [7, 11) is 3.54. The van der Waals surface area contributed by atoms with E-state index in [-0.39, 0.29) is 11.9 Å². The van der Waals surface area contributed by atoms with Crippen molar-refractivity contribution in [1.82, 2.24) is 14.8 Å². The molecular weight excluding hydrogens is 472 g/mol. The summed E-state index contributed by atoms with van der Waals surface area (Å²) >= 11 is 2.97. The number of benzene rings is 1. The predicted molar refractivity (Wildman–Crippen MR) is 138 cm³/mol. The predicted octanol–water partition coefficient (Wildman–Crippen LogP) is 4.29. The van der Waals surface area contributed by atoms with Crippen molar-refractivity contribution in [3.63, 3.8) is 0 Å². The molecule has 4 heterocycles. The zero-order chi connectivity index (χ0) is 23.8. The fraction of sp³-hybridized carbons (Fsp3) is 0.391. The molecule has 3 aromatic rings. The summed E-state index contributed by atoms with van der Waals surface area (Å²) in [5, 5.41) is 3.90. The molecule has 2 aliphatic rings. The van der Waals surface area contributed by atoms with Gasteiger partial charge in [0.05, 0.1) is 16.2 Å². The molecule has 2 aromatic heterocycles. The number of fused-ring (bicyclic) bond motifs is 2. The van der Waals surface area contributed by atoms with Crippen molar-refractivity contribution >= 4 is 66.4 Å². The van der Waals surface area contributed by atoms with Gasteiger partial charge in [0, 0.05) is 58.1 Å². The van der Waals surface area contributed by atoms with Gasteiger partial charge in [-0.3, -0.25) is 9.79 Å². The second-order valence-electron chi connectivity index (χ2n) is 8.51. The normalized spacial score (nSPS) is 15.9. The van der Waals surface area contributed by atoms with Crippen molar-refractivity contribution in [3.8, 4) is 5.75 Å².